The van der Waals surface area contributed by atoms with Crippen LogP contribution >= 0.6 is 0 Å². The molecule has 0 bridgehead atoms. The van der Waals surface area contributed by atoms with Gasteiger partial charge in [0.05, 0.1) is 16.3 Å². The standard InChI is InChI=1S/C17H13N5O4/c1-10-2-4-11(5-3-10)20-16(23)14-15(17(20)24)21(19-18-14)12-6-8-13(9-7-12)22(25)26/h2-9,14-15H,1H3/t14-,15+/m0/s1. The highest BCUT2D eigenvalue weighted by molar-refractivity contribution is 6.26. The van der Waals surface area contributed by atoms with E-state index in [9.17, 15) is 19.7 Å². The van der Waals surface area contributed by atoms with Gasteiger partial charge in [0.1, 0.15) is 0 Å². The van der Waals surface area contributed by atoms with Crippen LogP contribution in [0.1, 0.15) is 5.56 Å². The van der Waals surface area contributed by atoms with Gasteiger partial charge in [-0.05, 0) is 31.2 Å². The zero-order chi connectivity index (χ0) is 18.4. The van der Waals surface area contributed by atoms with E-state index in [1.54, 1.807) is 12.1 Å². The number of nitro benzene ring substituents is 1. The van der Waals surface area contributed by atoms with Crippen molar-refractivity contribution >= 4 is 28.9 Å². The third kappa shape index (κ3) is 2.32. The van der Waals surface area contributed by atoms with Crippen LogP contribution < -0.4 is 9.91 Å². The van der Waals surface area contributed by atoms with Crippen LogP contribution in [0.3, 0.4) is 0 Å². The summed E-state index contributed by atoms with van der Waals surface area (Å²) in [7, 11) is 0. The van der Waals surface area contributed by atoms with Crippen molar-refractivity contribution in [1.82, 2.24) is 0 Å². The van der Waals surface area contributed by atoms with E-state index in [1.165, 1.54) is 29.3 Å². The lowest BCUT2D eigenvalue weighted by Gasteiger charge is -2.20. The maximum Gasteiger partial charge on any atom is 0.269 e. The Kier molecular flexibility index (Phi) is 3.50. The number of fused-ring (bicyclic) bond motifs is 1. The molecule has 0 unspecified atom stereocenters. The highest BCUT2D eigenvalue weighted by atomic mass is 16.6. The summed E-state index contributed by atoms with van der Waals surface area (Å²) in [4.78, 5) is 36.9. The van der Waals surface area contributed by atoms with Crippen LogP contribution in [0.2, 0.25) is 0 Å². The summed E-state index contributed by atoms with van der Waals surface area (Å²) in [5.74, 6) is -0.857. The van der Waals surface area contributed by atoms with E-state index < -0.39 is 28.8 Å². The van der Waals surface area contributed by atoms with Crippen LogP contribution in [0.5, 0.6) is 0 Å². The number of nitro groups is 1. The summed E-state index contributed by atoms with van der Waals surface area (Å²) >= 11 is 0. The number of amides is 2. The van der Waals surface area contributed by atoms with Crippen LogP contribution in [0, 0.1) is 17.0 Å². The Balaban J connectivity index is 1.65. The topological polar surface area (TPSA) is 108 Å². The van der Waals surface area contributed by atoms with Gasteiger partial charge in [-0.15, -0.1) is 0 Å². The van der Waals surface area contributed by atoms with Crippen LogP contribution in [0.15, 0.2) is 58.9 Å². The van der Waals surface area contributed by atoms with Gasteiger partial charge in [-0.1, -0.05) is 22.9 Å². The first-order valence-electron chi connectivity index (χ1n) is 7.86. The molecule has 0 spiro atoms. The van der Waals surface area contributed by atoms with E-state index in [2.05, 4.69) is 10.3 Å². The highest BCUT2D eigenvalue weighted by Gasteiger charge is 2.55. The minimum atomic E-state index is -0.918. The number of hydrogen-bond acceptors (Lipinski definition) is 7. The number of non-ortho nitro benzene ring substituents is 1. The van der Waals surface area contributed by atoms with Crippen molar-refractivity contribution in [2.75, 3.05) is 9.91 Å². The number of benzene rings is 2. The monoisotopic (exact) mass is 351 g/mol. The average Bonchev–Trinajstić information content (AvgIpc) is 3.17. The van der Waals surface area contributed by atoms with Crippen LogP contribution in [-0.4, -0.2) is 28.8 Å². The molecule has 4 rings (SSSR count). The van der Waals surface area contributed by atoms with Crippen molar-refractivity contribution in [2.24, 2.45) is 10.3 Å². The zero-order valence-electron chi connectivity index (χ0n) is 13.6. The molecule has 9 heteroatoms. The molecule has 0 aliphatic carbocycles. The number of rotatable bonds is 3. The fourth-order valence-corrected chi connectivity index (χ4v) is 3.05. The summed E-state index contributed by atoms with van der Waals surface area (Å²) in [6, 6.07) is 10.8. The summed E-state index contributed by atoms with van der Waals surface area (Å²) in [6.07, 6.45) is 0. The predicted octanol–water partition coefficient (Wildman–Crippen LogP) is 2.40. The van der Waals surface area contributed by atoms with Gasteiger partial charge in [-0.25, -0.2) is 9.91 Å². The smallest absolute Gasteiger partial charge is 0.269 e. The molecule has 9 nitrogen and oxygen atoms in total. The van der Waals surface area contributed by atoms with E-state index in [4.69, 9.17) is 0 Å². The van der Waals surface area contributed by atoms with Gasteiger partial charge >= 0.3 is 0 Å². The average molecular weight is 351 g/mol. The van der Waals surface area contributed by atoms with Crippen LogP contribution in [0.4, 0.5) is 17.1 Å². The van der Waals surface area contributed by atoms with E-state index in [-0.39, 0.29) is 5.69 Å². The van der Waals surface area contributed by atoms with Gasteiger partial charge in [0.2, 0.25) is 0 Å². The quantitative estimate of drug-likeness (QED) is 0.479. The van der Waals surface area contributed by atoms with E-state index >= 15 is 0 Å². The second-order valence-corrected chi connectivity index (χ2v) is 6.06. The van der Waals surface area contributed by atoms with Crippen LogP contribution in [0.25, 0.3) is 0 Å². The summed E-state index contributed by atoms with van der Waals surface area (Å²) in [5.41, 5.74) is 1.88. The minimum Gasteiger partial charge on any atom is -0.271 e. The fraction of sp³-hybridized carbons (Fsp3) is 0.176. The van der Waals surface area contributed by atoms with Gasteiger partial charge in [-0.3, -0.25) is 19.7 Å². The maximum atomic E-state index is 12.9. The molecule has 130 valence electrons. The Bertz CT molecular complexity index is 939. The van der Waals surface area contributed by atoms with Gasteiger partial charge in [-0.2, -0.15) is 5.11 Å². The van der Waals surface area contributed by atoms with E-state index in [0.29, 0.717) is 11.4 Å². The molecule has 2 aromatic rings. The molecule has 0 aromatic heterocycles. The molecular weight excluding hydrogens is 338 g/mol. The lowest BCUT2D eigenvalue weighted by molar-refractivity contribution is -0.384. The predicted molar refractivity (Wildman–Crippen MR) is 91.7 cm³/mol. The number of carbonyl (C=O) groups is 2. The number of hydrogen-bond donors (Lipinski definition) is 0. The van der Waals surface area contributed by atoms with Crippen molar-refractivity contribution in [3.8, 4) is 0 Å². The molecule has 2 aromatic carbocycles. The normalized spacial score (nSPS) is 21.4. The number of anilines is 2. The molecule has 2 heterocycles. The molecule has 0 N–H and O–H groups in total. The molecule has 2 aliphatic heterocycles. The maximum absolute atomic E-state index is 12.9. The number of carbonyl (C=O) groups excluding carboxylic acids is 2. The Labute approximate surface area is 147 Å². The second kappa shape index (κ2) is 5.73. The summed E-state index contributed by atoms with van der Waals surface area (Å²) in [6.45, 7) is 1.91. The second-order valence-electron chi connectivity index (χ2n) is 6.06. The van der Waals surface area contributed by atoms with Gasteiger partial charge in [0, 0.05) is 12.1 Å². The SMILES string of the molecule is Cc1ccc(N2C(=O)[C@H]3N=NN(c4ccc([N+](=O)[O-])cc4)[C@H]3C2=O)cc1. The first kappa shape index (κ1) is 15.9. The van der Waals surface area contributed by atoms with Crippen molar-refractivity contribution in [1.29, 1.82) is 0 Å². The molecule has 1 saturated heterocycles. The Hall–Kier alpha value is -3.62. The molecule has 1 fully saturated rings. The fourth-order valence-electron chi connectivity index (χ4n) is 3.05. The van der Waals surface area contributed by atoms with Crippen molar-refractivity contribution in [2.45, 2.75) is 19.0 Å². The van der Waals surface area contributed by atoms with Crippen molar-refractivity contribution in [3.05, 3.63) is 64.2 Å². The molecular formula is C17H13N5O4. The van der Waals surface area contributed by atoms with E-state index in [1.807, 2.05) is 19.1 Å². The highest BCUT2D eigenvalue weighted by Crippen LogP contribution is 2.35. The number of imide groups is 1. The molecule has 2 amide bonds. The minimum absolute atomic E-state index is 0.0726. The van der Waals surface area contributed by atoms with Crippen LogP contribution in [-0.2, 0) is 9.59 Å². The lowest BCUT2D eigenvalue weighted by atomic mass is 10.1. The van der Waals surface area contributed by atoms with Gasteiger partial charge < -0.3 is 0 Å². The Morgan fingerprint density at radius 1 is 0.962 bits per heavy atom. The molecule has 26 heavy (non-hydrogen) atoms. The van der Waals surface area contributed by atoms with E-state index in [0.717, 1.165) is 10.5 Å². The first-order valence-corrected chi connectivity index (χ1v) is 7.86. The van der Waals surface area contributed by atoms with Gasteiger partial charge in [0.25, 0.3) is 17.5 Å². The Morgan fingerprint density at radius 2 is 1.58 bits per heavy atom. The summed E-state index contributed by atoms with van der Waals surface area (Å²) < 4.78 is 0. The Morgan fingerprint density at radius 3 is 2.19 bits per heavy atom. The third-order valence-corrected chi connectivity index (χ3v) is 4.40. The molecule has 2 aliphatic rings. The first-order chi connectivity index (χ1) is 12.5. The largest absolute Gasteiger partial charge is 0.271 e. The molecule has 2 atom stereocenters. The van der Waals surface area contributed by atoms with Gasteiger partial charge in [0.15, 0.2) is 12.1 Å². The number of nitrogens with zero attached hydrogens (tertiary/aromatic N) is 5. The third-order valence-electron chi connectivity index (χ3n) is 4.40. The molecule has 0 radical (unpaired) electrons. The molecule has 0 saturated carbocycles. The summed E-state index contributed by atoms with van der Waals surface area (Å²) in [5, 5.41) is 20.0. The number of aryl methyl sites for hydroxylation is 1. The lowest BCUT2D eigenvalue weighted by Crippen LogP contribution is -2.39. The van der Waals surface area contributed by atoms with Crippen molar-refractivity contribution < 1.29 is 14.5 Å². The zero-order valence-corrected chi connectivity index (χ0v) is 13.6. The van der Waals surface area contributed by atoms with Crippen molar-refractivity contribution in [3.63, 3.8) is 0 Å².